The molecule has 0 amide bonds. The third-order valence-corrected chi connectivity index (χ3v) is 4.17. The van der Waals surface area contributed by atoms with E-state index in [1.807, 2.05) is 12.1 Å². The summed E-state index contributed by atoms with van der Waals surface area (Å²) >= 11 is 0. The van der Waals surface area contributed by atoms with Gasteiger partial charge in [-0.05, 0) is 30.7 Å². The Hall–Kier alpha value is -1.39. The fourth-order valence-corrected chi connectivity index (χ4v) is 2.88. The van der Waals surface area contributed by atoms with Crippen LogP contribution < -0.4 is 0 Å². The van der Waals surface area contributed by atoms with Crippen LogP contribution in [-0.2, 0) is 6.54 Å². The van der Waals surface area contributed by atoms with Crippen LogP contribution >= 0.6 is 0 Å². The van der Waals surface area contributed by atoms with Crippen molar-refractivity contribution < 1.29 is 9.90 Å². The summed E-state index contributed by atoms with van der Waals surface area (Å²) in [7, 11) is 0. The SMILES string of the molecule is CCC1CN(CC)CCN1Cc1cccc(C(=O)O)c1. The van der Waals surface area contributed by atoms with Crippen molar-refractivity contribution in [2.75, 3.05) is 26.2 Å². The zero-order chi connectivity index (χ0) is 14.5. The zero-order valence-corrected chi connectivity index (χ0v) is 12.4. The second-order valence-corrected chi connectivity index (χ2v) is 5.43. The molecule has 1 aromatic carbocycles. The van der Waals surface area contributed by atoms with Crippen LogP contribution in [0.2, 0.25) is 0 Å². The molecule has 1 atom stereocenters. The molecule has 0 spiro atoms. The van der Waals surface area contributed by atoms with E-state index in [1.165, 1.54) is 0 Å². The minimum absolute atomic E-state index is 0.378. The molecule has 1 aliphatic heterocycles. The number of carbonyl (C=O) groups is 1. The fourth-order valence-electron chi connectivity index (χ4n) is 2.88. The molecule has 1 aliphatic rings. The molecule has 110 valence electrons. The predicted octanol–water partition coefficient (Wildman–Crippen LogP) is 2.30. The molecule has 4 heteroatoms. The lowest BCUT2D eigenvalue weighted by molar-refractivity contribution is 0.0684. The number of likely N-dealkylation sites (N-methyl/N-ethyl adjacent to an activating group) is 1. The number of hydrogen-bond donors (Lipinski definition) is 1. The number of piperazine rings is 1. The van der Waals surface area contributed by atoms with Gasteiger partial charge in [-0.2, -0.15) is 0 Å². The number of rotatable bonds is 5. The number of carboxylic acids is 1. The second kappa shape index (κ2) is 6.86. The maximum atomic E-state index is 11.0. The smallest absolute Gasteiger partial charge is 0.335 e. The largest absolute Gasteiger partial charge is 0.478 e. The van der Waals surface area contributed by atoms with Crippen LogP contribution in [-0.4, -0.2) is 53.1 Å². The van der Waals surface area contributed by atoms with Gasteiger partial charge in [0.05, 0.1) is 5.56 Å². The van der Waals surface area contributed by atoms with Gasteiger partial charge in [-0.15, -0.1) is 0 Å². The first-order valence-electron chi connectivity index (χ1n) is 7.42. The highest BCUT2D eigenvalue weighted by molar-refractivity contribution is 5.87. The summed E-state index contributed by atoms with van der Waals surface area (Å²) in [6.07, 6.45) is 1.13. The summed E-state index contributed by atoms with van der Waals surface area (Å²) in [5.41, 5.74) is 1.47. The summed E-state index contributed by atoms with van der Waals surface area (Å²) in [6, 6.07) is 7.87. The van der Waals surface area contributed by atoms with Crippen molar-refractivity contribution in [1.29, 1.82) is 0 Å². The van der Waals surface area contributed by atoms with Gasteiger partial charge in [0.1, 0.15) is 0 Å². The van der Waals surface area contributed by atoms with Crippen molar-refractivity contribution in [2.45, 2.75) is 32.9 Å². The molecule has 0 radical (unpaired) electrons. The normalized spacial score (nSPS) is 21.0. The van der Waals surface area contributed by atoms with E-state index >= 15 is 0 Å². The van der Waals surface area contributed by atoms with Crippen LogP contribution in [0.15, 0.2) is 24.3 Å². The number of nitrogens with zero attached hydrogens (tertiary/aromatic N) is 2. The molecule has 1 unspecified atom stereocenters. The molecule has 0 aliphatic carbocycles. The third kappa shape index (κ3) is 3.58. The van der Waals surface area contributed by atoms with Crippen molar-refractivity contribution in [3.63, 3.8) is 0 Å². The molecule has 0 saturated carbocycles. The molecule has 2 rings (SSSR count). The van der Waals surface area contributed by atoms with Gasteiger partial charge >= 0.3 is 5.97 Å². The van der Waals surface area contributed by atoms with E-state index in [1.54, 1.807) is 12.1 Å². The molecule has 1 aromatic rings. The summed E-state index contributed by atoms with van der Waals surface area (Å²) in [6.45, 7) is 9.67. The Kier molecular flexibility index (Phi) is 5.15. The van der Waals surface area contributed by atoms with E-state index in [-0.39, 0.29) is 0 Å². The van der Waals surface area contributed by atoms with Crippen LogP contribution in [0.1, 0.15) is 36.2 Å². The van der Waals surface area contributed by atoms with Crippen LogP contribution in [0.3, 0.4) is 0 Å². The zero-order valence-electron chi connectivity index (χ0n) is 12.4. The molecule has 1 fully saturated rings. The number of carboxylic acid groups (broad SMARTS) is 1. The first kappa shape index (κ1) is 15.0. The Morgan fingerprint density at radius 1 is 1.35 bits per heavy atom. The Balaban J connectivity index is 2.05. The lowest BCUT2D eigenvalue weighted by Crippen LogP contribution is -2.52. The van der Waals surface area contributed by atoms with E-state index in [0.29, 0.717) is 11.6 Å². The average Bonchev–Trinajstić information content (AvgIpc) is 2.48. The molecule has 1 N–H and O–H groups in total. The van der Waals surface area contributed by atoms with Crippen molar-refractivity contribution in [1.82, 2.24) is 9.80 Å². The number of benzene rings is 1. The minimum atomic E-state index is -0.852. The van der Waals surface area contributed by atoms with Gasteiger partial charge in [-0.25, -0.2) is 4.79 Å². The Morgan fingerprint density at radius 2 is 2.15 bits per heavy atom. The van der Waals surface area contributed by atoms with Crippen molar-refractivity contribution >= 4 is 5.97 Å². The fraction of sp³-hybridized carbons (Fsp3) is 0.562. The summed E-state index contributed by atoms with van der Waals surface area (Å²) < 4.78 is 0. The first-order valence-corrected chi connectivity index (χ1v) is 7.42. The maximum absolute atomic E-state index is 11.0. The van der Waals surface area contributed by atoms with Gasteiger partial charge in [0.25, 0.3) is 0 Å². The number of hydrogen-bond acceptors (Lipinski definition) is 3. The Labute approximate surface area is 121 Å². The van der Waals surface area contributed by atoms with Crippen LogP contribution in [0.4, 0.5) is 0 Å². The molecule has 0 bridgehead atoms. The van der Waals surface area contributed by atoms with Crippen molar-refractivity contribution in [3.05, 3.63) is 35.4 Å². The Bertz CT molecular complexity index is 462. The van der Waals surface area contributed by atoms with E-state index in [2.05, 4.69) is 23.6 Å². The highest BCUT2D eigenvalue weighted by atomic mass is 16.4. The lowest BCUT2D eigenvalue weighted by atomic mass is 10.1. The van der Waals surface area contributed by atoms with Gasteiger partial charge < -0.3 is 10.0 Å². The van der Waals surface area contributed by atoms with Gasteiger partial charge in [0.2, 0.25) is 0 Å². The van der Waals surface area contributed by atoms with Gasteiger partial charge in [-0.3, -0.25) is 4.90 Å². The Morgan fingerprint density at radius 3 is 2.80 bits per heavy atom. The van der Waals surface area contributed by atoms with E-state index in [4.69, 9.17) is 5.11 Å². The highest BCUT2D eigenvalue weighted by Crippen LogP contribution is 2.17. The van der Waals surface area contributed by atoms with E-state index < -0.39 is 5.97 Å². The van der Waals surface area contributed by atoms with Crippen molar-refractivity contribution in [2.24, 2.45) is 0 Å². The standard InChI is InChI=1S/C16H24N2O2/c1-3-15-12-17(4-2)8-9-18(15)11-13-6-5-7-14(10-13)16(19)20/h5-7,10,15H,3-4,8-9,11-12H2,1-2H3,(H,19,20). The highest BCUT2D eigenvalue weighted by Gasteiger charge is 2.24. The molecular formula is C16H24N2O2. The average molecular weight is 276 g/mol. The lowest BCUT2D eigenvalue weighted by Gasteiger charge is -2.41. The topological polar surface area (TPSA) is 43.8 Å². The molecule has 0 aromatic heterocycles. The summed E-state index contributed by atoms with van der Waals surface area (Å²) in [5, 5.41) is 9.06. The molecule has 1 heterocycles. The molecule has 4 nitrogen and oxygen atoms in total. The van der Waals surface area contributed by atoms with Crippen LogP contribution in [0.25, 0.3) is 0 Å². The van der Waals surface area contributed by atoms with Crippen molar-refractivity contribution in [3.8, 4) is 0 Å². The third-order valence-electron chi connectivity index (χ3n) is 4.17. The van der Waals surface area contributed by atoms with Gasteiger partial charge in [0, 0.05) is 32.2 Å². The second-order valence-electron chi connectivity index (χ2n) is 5.43. The molecule has 1 saturated heterocycles. The molecular weight excluding hydrogens is 252 g/mol. The quantitative estimate of drug-likeness (QED) is 0.896. The predicted molar refractivity (Wildman–Crippen MR) is 80.0 cm³/mol. The summed E-state index contributed by atoms with van der Waals surface area (Å²) in [5.74, 6) is -0.852. The van der Waals surface area contributed by atoms with Crippen LogP contribution in [0.5, 0.6) is 0 Å². The van der Waals surface area contributed by atoms with Crippen LogP contribution in [0, 0.1) is 0 Å². The van der Waals surface area contributed by atoms with Gasteiger partial charge in [-0.1, -0.05) is 26.0 Å². The monoisotopic (exact) mass is 276 g/mol. The molecule has 20 heavy (non-hydrogen) atoms. The van der Waals surface area contributed by atoms with E-state index in [0.717, 1.165) is 44.7 Å². The minimum Gasteiger partial charge on any atom is -0.478 e. The maximum Gasteiger partial charge on any atom is 0.335 e. The number of aromatic carboxylic acids is 1. The summed E-state index contributed by atoms with van der Waals surface area (Å²) in [4.78, 5) is 16.0. The van der Waals surface area contributed by atoms with E-state index in [9.17, 15) is 4.79 Å². The first-order chi connectivity index (χ1) is 9.63. The van der Waals surface area contributed by atoms with Gasteiger partial charge in [0.15, 0.2) is 0 Å².